The van der Waals surface area contributed by atoms with E-state index in [4.69, 9.17) is 4.18 Å². The average molecular weight is 310 g/mol. The van der Waals surface area contributed by atoms with Crippen molar-refractivity contribution in [3.8, 4) is 0 Å². The summed E-state index contributed by atoms with van der Waals surface area (Å²) in [6, 6.07) is 10.6. The van der Waals surface area contributed by atoms with Gasteiger partial charge >= 0.3 is 0 Å². The lowest BCUT2D eigenvalue weighted by Crippen LogP contribution is -2.46. The van der Waals surface area contributed by atoms with E-state index in [1.54, 1.807) is 0 Å². The second-order valence-electron chi connectivity index (χ2n) is 6.14. The fourth-order valence-electron chi connectivity index (χ4n) is 3.16. The zero-order valence-electron chi connectivity index (χ0n) is 13.2. The largest absolute Gasteiger partial charge is 0.306 e. The predicted octanol–water partition coefficient (Wildman–Crippen LogP) is 2.10. The average Bonchev–Trinajstić information content (AvgIpc) is 2.50. The monoisotopic (exact) mass is 310 g/mol. The Morgan fingerprint density at radius 2 is 1.90 bits per heavy atom. The predicted molar refractivity (Wildman–Crippen MR) is 87.1 cm³/mol. The van der Waals surface area contributed by atoms with Gasteiger partial charge in [-0.1, -0.05) is 30.3 Å². The van der Waals surface area contributed by atoms with E-state index in [2.05, 4.69) is 42.3 Å². The molecular formula is C16H26N2O2S. The Balaban J connectivity index is 2.12. The Morgan fingerprint density at radius 3 is 2.48 bits per heavy atom. The van der Waals surface area contributed by atoms with Crippen LogP contribution in [0, 0.1) is 5.41 Å². The first kappa shape index (κ1) is 16.6. The van der Waals surface area contributed by atoms with E-state index in [1.165, 1.54) is 12.7 Å². The van der Waals surface area contributed by atoms with Gasteiger partial charge < -0.3 is 4.90 Å². The smallest absolute Gasteiger partial charge is 0.236 e. The van der Waals surface area contributed by atoms with Crippen LogP contribution in [0.25, 0.3) is 0 Å². The van der Waals surface area contributed by atoms with Crippen LogP contribution in [0.3, 0.4) is 0 Å². The van der Waals surface area contributed by atoms with Gasteiger partial charge in [0.15, 0.2) is 0 Å². The molecule has 0 radical (unpaired) electrons. The Bertz CT molecular complexity index is 459. The van der Waals surface area contributed by atoms with Crippen molar-refractivity contribution in [2.75, 3.05) is 40.8 Å². The molecule has 0 amide bonds. The van der Waals surface area contributed by atoms with Crippen LogP contribution in [0.4, 0.5) is 0 Å². The van der Waals surface area contributed by atoms with Gasteiger partial charge in [-0.15, -0.1) is 0 Å². The molecule has 1 fully saturated rings. The molecule has 0 bridgehead atoms. The van der Waals surface area contributed by atoms with Crippen molar-refractivity contribution in [3.63, 3.8) is 0 Å². The minimum absolute atomic E-state index is 0.177. The van der Waals surface area contributed by atoms with Crippen LogP contribution in [0.2, 0.25) is 0 Å². The molecule has 1 aliphatic heterocycles. The third-order valence-corrected chi connectivity index (χ3v) is 5.35. The minimum Gasteiger partial charge on any atom is -0.306 e. The number of benzene rings is 1. The molecule has 0 aromatic heterocycles. The van der Waals surface area contributed by atoms with E-state index in [0.717, 1.165) is 38.9 Å². The van der Waals surface area contributed by atoms with Crippen LogP contribution < -0.4 is 0 Å². The lowest BCUT2D eigenvalue weighted by atomic mass is 9.74. The molecule has 1 atom stereocenters. The van der Waals surface area contributed by atoms with Crippen molar-refractivity contribution in [2.45, 2.75) is 19.3 Å². The SMILES string of the molecule is COS(=O)N(C)CC1(Cc2ccccc2)CCN(C)CC1. The summed E-state index contributed by atoms with van der Waals surface area (Å²) in [5.74, 6) is 0. The third kappa shape index (κ3) is 4.61. The standard InChI is InChI=1S/C16H26N2O2S/c1-17-11-9-16(10-12-17,14-18(2)21(19)20-3)13-15-7-5-4-6-8-15/h4-8H,9-14H2,1-3H3. The molecule has 1 aromatic rings. The number of rotatable bonds is 6. The first-order valence-corrected chi connectivity index (χ1v) is 8.48. The van der Waals surface area contributed by atoms with Crippen molar-refractivity contribution < 1.29 is 8.39 Å². The van der Waals surface area contributed by atoms with Crippen LogP contribution in [0.15, 0.2) is 30.3 Å². The van der Waals surface area contributed by atoms with E-state index in [-0.39, 0.29) is 5.41 Å². The summed E-state index contributed by atoms with van der Waals surface area (Å²) in [4.78, 5) is 2.37. The molecule has 0 spiro atoms. The van der Waals surface area contributed by atoms with Crippen molar-refractivity contribution in [1.29, 1.82) is 0 Å². The molecule has 0 aliphatic carbocycles. The third-order valence-electron chi connectivity index (χ3n) is 4.42. The Labute approximate surface area is 130 Å². The van der Waals surface area contributed by atoms with E-state index < -0.39 is 11.3 Å². The van der Waals surface area contributed by atoms with Gasteiger partial charge in [-0.05, 0) is 50.4 Å². The first-order valence-electron chi connectivity index (χ1n) is 7.45. The summed E-state index contributed by atoms with van der Waals surface area (Å²) in [7, 11) is 5.54. The van der Waals surface area contributed by atoms with Gasteiger partial charge in [0.05, 0.1) is 7.11 Å². The number of hydrogen-bond donors (Lipinski definition) is 0. The lowest BCUT2D eigenvalue weighted by Gasteiger charge is -2.42. The van der Waals surface area contributed by atoms with Crippen molar-refractivity contribution in [3.05, 3.63) is 35.9 Å². The summed E-state index contributed by atoms with van der Waals surface area (Å²) >= 11 is -1.35. The zero-order valence-corrected chi connectivity index (χ0v) is 14.1. The maximum Gasteiger partial charge on any atom is 0.236 e. The molecule has 118 valence electrons. The normalized spacial score (nSPS) is 20.6. The maximum atomic E-state index is 11.8. The molecule has 1 aromatic carbocycles. The topological polar surface area (TPSA) is 32.8 Å². The van der Waals surface area contributed by atoms with Crippen LogP contribution in [-0.2, 0) is 21.9 Å². The number of piperidine rings is 1. The van der Waals surface area contributed by atoms with E-state index in [1.807, 2.05) is 11.4 Å². The fraction of sp³-hybridized carbons (Fsp3) is 0.625. The fourth-order valence-corrected chi connectivity index (χ4v) is 3.80. The molecular weight excluding hydrogens is 284 g/mol. The molecule has 1 unspecified atom stereocenters. The number of nitrogens with zero attached hydrogens (tertiary/aromatic N) is 2. The lowest BCUT2D eigenvalue weighted by molar-refractivity contribution is 0.102. The quantitative estimate of drug-likeness (QED) is 0.807. The van der Waals surface area contributed by atoms with Crippen LogP contribution in [0.5, 0.6) is 0 Å². The zero-order chi connectivity index (χ0) is 15.3. The van der Waals surface area contributed by atoms with Crippen molar-refractivity contribution >= 4 is 11.3 Å². The highest BCUT2D eigenvalue weighted by atomic mass is 32.2. The van der Waals surface area contributed by atoms with Gasteiger partial charge in [0.1, 0.15) is 0 Å². The van der Waals surface area contributed by atoms with Crippen LogP contribution >= 0.6 is 0 Å². The van der Waals surface area contributed by atoms with Gasteiger partial charge in [0.25, 0.3) is 0 Å². The molecule has 21 heavy (non-hydrogen) atoms. The highest BCUT2D eigenvalue weighted by Crippen LogP contribution is 2.36. The van der Waals surface area contributed by atoms with Gasteiger partial charge in [0, 0.05) is 13.6 Å². The minimum atomic E-state index is -1.35. The molecule has 1 saturated heterocycles. The van der Waals surface area contributed by atoms with Gasteiger partial charge in [-0.2, -0.15) is 0 Å². The molecule has 2 rings (SSSR count). The van der Waals surface area contributed by atoms with Gasteiger partial charge in [0.2, 0.25) is 11.3 Å². The summed E-state index contributed by atoms with van der Waals surface area (Å²) in [6.45, 7) is 3.00. The van der Waals surface area contributed by atoms with Crippen molar-refractivity contribution in [1.82, 2.24) is 9.21 Å². The van der Waals surface area contributed by atoms with E-state index in [0.29, 0.717) is 0 Å². The molecule has 5 heteroatoms. The maximum absolute atomic E-state index is 11.8. The molecule has 0 saturated carbocycles. The Morgan fingerprint density at radius 1 is 1.29 bits per heavy atom. The van der Waals surface area contributed by atoms with Crippen LogP contribution in [0.1, 0.15) is 18.4 Å². The second kappa shape index (κ2) is 7.49. The Hall–Kier alpha value is -0.750. The van der Waals surface area contributed by atoms with Gasteiger partial charge in [-0.3, -0.25) is 4.18 Å². The number of hydrogen-bond acceptors (Lipinski definition) is 3. The molecule has 1 aliphatic rings. The summed E-state index contributed by atoms with van der Waals surface area (Å²) in [5.41, 5.74) is 1.54. The highest BCUT2D eigenvalue weighted by molar-refractivity contribution is 7.77. The number of likely N-dealkylation sites (tertiary alicyclic amines) is 1. The molecule has 4 nitrogen and oxygen atoms in total. The summed E-state index contributed by atoms with van der Waals surface area (Å²) in [5, 5.41) is 0. The van der Waals surface area contributed by atoms with Crippen molar-refractivity contribution in [2.24, 2.45) is 5.41 Å². The second-order valence-corrected chi connectivity index (χ2v) is 7.53. The highest BCUT2D eigenvalue weighted by Gasteiger charge is 2.36. The van der Waals surface area contributed by atoms with E-state index in [9.17, 15) is 4.21 Å². The van der Waals surface area contributed by atoms with Gasteiger partial charge in [-0.25, -0.2) is 8.51 Å². The molecule has 1 heterocycles. The summed E-state index contributed by atoms with van der Waals surface area (Å²) in [6.07, 6.45) is 3.29. The Kier molecular flexibility index (Phi) is 5.93. The van der Waals surface area contributed by atoms with Crippen LogP contribution in [-0.4, -0.2) is 54.3 Å². The summed E-state index contributed by atoms with van der Waals surface area (Å²) < 4.78 is 18.6. The molecule has 0 N–H and O–H groups in total. The van der Waals surface area contributed by atoms with E-state index >= 15 is 0 Å². The first-order chi connectivity index (χ1) is 10.0.